The maximum Gasteiger partial charge on any atom is 0.137 e. The topological polar surface area (TPSA) is 24.9 Å². The molecule has 2 nitrogen and oxygen atoms in total. The Morgan fingerprint density at radius 1 is 1.33 bits per heavy atom. The second kappa shape index (κ2) is 7.66. The van der Waals surface area contributed by atoms with E-state index in [1.165, 1.54) is 6.07 Å². The van der Waals surface area contributed by atoms with E-state index in [-0.39, 0.29) is 11.9 Å². The summed E-state index contributed by atoms with van der Waals surface area (Å²) in [6.07, 6.45) is 5.51. The summed E-state index contributed by atoms with van der Waals surface area (Å²) in [4.78, 5) is 4.27. The van der Waals surface area contributed by atoms with Gasteiger partial charge in [0.2, 0.25) is 0 Å². The molecule has 112 valence electrons. The second-order valence-corrected chi connectivity index (χ2v) is 6.01. The second-order valence-electron chi connectivity index (χ2n) is 5.22. The van der Waals surface area contributed by atoms with E-state index in [1.54, 1.807) is 6.07 Å². The quantitative estimate of drug-likeness (QED) is 0.824. The lowest BCUT2D eigenvalue weighted by molar-refractivity contribution is 0.524. The number of halogens is 2. The number of aryl methyl sites for hydroxylation is 1. The van der Waals surface area contributed by atoms with E-state index < -0.39 is 0 Å². The van der Waals surface area contributed by atoms with Crippen molar-refractivity contribution in [3.8, 4) is 0 Å². The molecule has 1 heterocycles. The summed E-state index contributed by atoms with van der Waals surface area (Å²) < 4.78 is 14.2. The van der Waals surface area contributed by atoms with Crippen LogP contribution in [-0.2, 0) is 6.42 Å². The van der Waals surface area contributed by atoms with Crippen LogP contribution in [0.3, 0.4) is 0 Å². The Morgan fingerprint density at radius 3 is 2.86 bits per heavy atom. The highest BCUT2D eigenvalue weighted by molar-refractivity contribution is 9.10. The molecule has 2 rings (SSSR count). The maximum atomic E-state index is 13.7. The molecule has 0 fully saturated rings. The molecule has 0 aliphatic rings. The van der Waals surface area contributed by atoms with Gasteiger partial charge in [0.25, 0.3) is 0 Å². The normalized spacial score (nSPS) is 12.4. The summed E-state index contributed by atoms with van der Waals surface area (Å²) >= 11 is 3.35. The molecule has 0 amide bonds. The van der Waals surface area contributed by atoms with E-state index >= 15 is 0 Å². The average molecular weight is 351 g/mol. The van der Waals surface area contributed by atoms with Gasteiger partial charge in [0.1, 0.15) is 5.82 Å². The molecule has 0 aliphatic heterocycles. The minimum absolute atomic E-state index is 0.135. The van der Waals surface area contributed by atoms with Gasteiger partial charge in [0.15, 0.2) is 0 Å². The van der Waals surface area contributed by atoms with Gasteiger partial charge < -0.3 is 5.32 Å². The molecule has 0 spiro atoms. The summed E-state index contributed by atoms with van der Waals surface area (Å²) in [6.45, 7) is 5.09. The monoisotopic (exact) mass is 350 g/mol. The van der Waals surface area contributed by atoms with Crippen molar-refractivity contribution in [3.63, 3.8) is 0 Å². The van der Waals surface area contributed by atoms with Crippen molar-refractivity contribution in [2.75, 3.05) is 6.54 Å². The first-order valence-corrected chi connectivity index (χ1v) is 7.99. The Morgan fingerprint density at radius 2 is 2.14 bits per heavy atom. The van der Waals surface area contributed by atoms with Gasteiger partial charge >= 0.3 is 0 Å². The molecule has 0 saturated heterocycles. The van der Waals surface area contributed by atoms with Gasteiger partial charge in [-0.2, -0.15) is 0 Å². The van der Waals surface area contributed by atoms with Gasteiger partial charge in [-0.25, -0.2) is 4.39 Å². The van der Waals surface area contributed by atoms with Crippen molar-refractivity contribution >= 4 is 15.9 Å². The highest BCUT2D eigenvalue weighted by Crippen LogP contribution is 2.26. The molecule has 4 heteroatoms. The number of nitrogens with zero attached hydrogens (tertiary/aromatic N) is 1. The van der Waals surface area contributed by atoms with Gasteiger partial charge in [-0.15, -0.1) is 0 Å². The first kappa shape index (κ1) is 16.1. The smallest absolute Gasteiger partial charge is 0.137 e. The standard InChI is InChI=1S/C17H20BrFN2/c1-3-7-21-16(14-8-12(2)10-20-11-14)9-13-5-4-6-15(19)17(13)18/h4-6,8,10-11,16,21H,3,7,9H2,1-2H3. The fraction of sp³-hybridized carbons (Fsp3) is 0.353. The van der Waals surface area contributed by atoms with Crippen LogP contribution in [0.25, 0.3) is 0 Å². The number of benzene rings is 1. The van der Waals surface area contributed by atoms with Crippen molar-refractivity contribution in [1.29, 1.82) is 0 Å². The number of hydrogen-bond acceptors (Lipinski definition) is 2. The highest BCUT2D eigenvalue weighted by atomic mass is 79.9. The Kier molecular flexibility index (Phi) is 5.88. The largest absolute Gasteiger partial charge is 0.310 e. The van der Waals surface area contributed by atoms with E-state index in [9.17, 15) is 4.39 Å². The SMILES string of the molecule is CCCNC(Cc1cccc(F)c1Br)c1cncc(C)c1. The van der Waals surface area contributed by atoms with Crippen LogP contribution in [0.4, 0.5) is 4.39 Å². The van der Waals surface area contributed by atoms with Crippen molar-refractivity contribution in [1.82, 2.24) is 10.3 Å². The summed E-state index contributed by atoms with van der Waals surface area (Å²) in [5, 5.41) is 3.52. The van der Waals surface area contributed by atoms with Crippen LogP contribution in [0.5, 0.6) is 0 Å². The van der Waals surface area contributed by atoms with Crippen molar-refractivity contribution in [2.24, 2.45) is 0 Å². The first-order chi connectivity index (χ1) is 10.1. The van der Waals surface area contributed by atoms with Gasteiger partial charge in [-0.3, -0.25) is 4.98 Å². The van der Waals surface area contributed by atoms with E-state index in [0.29, 0.717) is 4.47 Å². The molecule has 21 heavy (non-hydrogen) atoms. The zero-order valence-electron chi connectivity index (χ0n) is 12.4. The lowest BCUT2D eigenvalue weighted by atomic mass is 9.99. The molecular formula is C17H20BrFN2. The molecule has 1 aromatic carbocycles. The summed E-state index contributed by atoms with van der Waals surface area (Å²) in [5.74, 6) is -0.218. The molecule has 0 aliphatic carbocycles. The summed E-state index contributed by atoms with van der Waals surface area (Å²) in [7, 11) is 0. The lowest BCUT2D eigenvalue weighted by Gasteiger charge is -2.20. The lowest BCUT2D eigenvalue weighted by Crippen LogP contribution is -2.24. The zero-order valence-corrected chi connectivity index (χ0v) is 14.0. The predicted molar refractivity (Wildman–Crippen MR) is 87.8 cm³/mol. The Balaban J connectivity index is 2.26. The average Bonchev–Trinajstić information content (AvgIpc) is 2.47. The predicted octanol–water partition coefficient (Wildman–Crippen LogP) is 4.58. The summed E-state index contributed by atoms with van der Waals surface area (Å²) in [6, 6.07) is 7.44. The molecule has 1 unspecified atom stereocenters. The van der Waals surface area contributed by atoms with Crippen LogP contribution in [0, 0.1) is 12.7 Å². The molecule has 0 bridgehead atoms. The van der Waals surface area contributed by atoms with Gasteiger partial charge in [0, 0.05) is 18.4 Å². The molecule has 1 N–H and O–H groups in total. The minimum Gasteiger partial charge on any atom is -0.310 e. The fourth-order valence-corrected chi connectivity index (χ4v) is 2.75. The fourth-order valence-electron chi connectivity index (χ4n) is 2.32. The van der Waals surface area contributed by atoms with Crippen LogP contribution in [0.1, 0.15) is 36.1 Å². The van der Waals surface area contributed by atoms with Gasteiger partial charge in [0.05, 0.1) is 4.47 Å². The Hall–Kier alpha value is -1.26. The highest BCUT2D eigenvalue weighted by Gasteiger charge is 2.15. The van der Waals surface area contributed by atoms with Gasteiger partial charge in [-0.1, -0.05) is 25.1 Å². The zero-order chi connectivity index (χ0) is 15.2. The van der Waals surface area contributed by atoms with E-state index in [0.717, 1.165) is 36.1 Å². The van der Waals surface area contributed by atoms with Gasteiger partial charge in [-0.05, 0) is 65.0 Å². The van der Waals surface area contributed by atoms with Crippen molar-refractivity contribution < 1.29 is 4.39 Å². The number of aromatic nitrogens is 1. The number of pyridine rings is 1. The van der Waals surface area contributed by atoms with Crippen LogP contribution >= 0.6 is 15.9 Å². The van der Waals surface area contributed by atoms with Crippen molar-refractivity contribution in [3.05, 3.63) is 63.6 Å². The number of nitrogens with one attached hydrogen (secondary N) is 1. The Bertz CT molecular complexity index is 601. The Labute approximate surface area is 133 Å². The molecular weight excluding hydrogens is 331 g/mol. The molecule has 1 atom stereocenters. The van der Waals surface area contributed by atoms with Crippen LogP contribution in [-0.4, -0.2) is 11.5 Å². The molecule has 0 radical (unpaired) electrons. The van der Waals surface area contributed by atoms with E-state index in [2.05, 4.69) is 39.2 Å². The van der Waals surface area contributed by atoms with Crippen LogP contribution in [0.15, 0.2) is 41.1 Å². The first-order valence-electron chi connectivity index (χ1n) is 7.19. The third-order valence-corrected chi connectivity index (χ3v) is 4.28. The molecule has 2 aromatic rings. The maximum absolute atomic E-state index is 13.7. The minimum atomic E-state index is -0.218. The van der Waals surface area contributed by atoms with E-state index in [4.69, 9.17) is 0 Å². The number of rotatable bonds is 6. The van der Waals surface area contributed by atoms with Crippen LogP contribution < -0.4 is 5.32 Å². The van der Waals surface area contributed by atoms with Crippen molar-refractivity contribution in [2.45, 2.75) is 32.7 Å². The molecule has 0 saturated carbocycles. The molecule has 1 aromatic heterocycles. The van der Waals surface area contributed by atoms with Crippen LogP contribution in [0.2, 0.25) is 0 Å². The summed E-state index contributed by atoms with van der Waals surface area (Å²) in [5.41, 5.74) is 3.24. The van der Waals surface area contributed by atoms with E-state index in [1.807, 2.05) is 25.4 Å². The third-order valence-electron chi connectivity index (χ3n) is 3.39. The third kappa shape index (κ3) is 4.35. The number of hydrogen-bond donors (Lipinski definition) is 1.